The summed E-state index contributed by atoms with van der Waals surface area (Å²) in [4.78, 5) is 0. The van der Waals surface area contributed by atoms with Crippen LogP contribution in [0, 0.1) is 5.82 Å². The number of ether oxygens (including phenoxy) is 2. The van der Waals surface area contributed by atoms with Crippen molar-refractivity contribution in [3.63, 3.8) is 0 Å². The van der Waals surface area contributed by atoms with Crippen LogP contribution >= 0.6 is 8.58 Å². The van der Waals surface area contributed by atoms with Gasteiger partial charge in [-0.3, -0.25) is 0 Å². The smallest absolute Gasteiger partial charge is 0.164 e. The summed E-state index contributed by atoms with van der Waals surface area (Å²) in [6, 6.07) is 7.96. The van der Waals surface area contributed by atoms with Gasteiger partial charge in [0, 0.05) is 17.3 Å². The summed E-state index contributed by atoms with van der Waals surface area (Å²) in [6.07, 6.45) is 0.991. The second-order valence-electron chi connectivity index (χ2n) is 6.16. The number of benzene rings is 2. The number of rotatable bonds is 8. The fraction of sp³-hybridized carbons (Fsp3) is 0.400. The number of phenols is 1. The van der Waals surface area contributed by atoms with Crippen molar-refractivity contribution in [3.05, 3.63) is 47.3 Å². The Morgan fingerprint density at radius 1 is 1.12 bits per heavy atom. The highest BCUT2D eigenvalue weighted by atomic mass is 31.1. The maximum Gasteiger partial charge on any atom is 0.164 e. The van der Waals surface area contributed by atoms with Crippen molar-refractivity contribution in [3.8, 4) is 17.2 Å². The molecule has 0 bridgehead atoms. The van der Waals surface area contributed by atoms with E-state index in [0.717, 1.165) is 23.7 Å². The third-order valence-corrected chi connectivity index (χ3v) is 5.99. The molecule has 26 heavy (non-hydrogen) atoms. The van der Waals surface area contributed by atoms with Gasteiger partial charge in [-0.2, -0.15) is 0 Å². The van der Waals surface area contributed by atoms with Gasteiger partial charge in [0.25, 0.3) is 0 Å². The minimum Gasteiger partial charge on any atom is -0.504 e. The number of hydrogen-bond donors (Lipinski definition) is 2. The first-order chi connectivity index (χ1) is 12.4. The van der Waals surface area contributed by atoms with Crippen molar-refractivity contribution in [2.75, 3.05) is 14.2 Å². The van der Waals surface area contributed by atoms with Crippen molar-refractivity contribution in [1.29, 1.82) is 0 Å². The van der Waals surface area contributed by atoms with E-state index in [9.17, 15) is 14.6 Å². The molecule has 4 nitrogen and oxygen atoms in total. The van der Waals surface area contributed by atoms with Crippen LogP contribution in [-0.2, 0) is 0 Å². The molecule has 3 unspecified atom stereocenters. The van der Waals surface area contributed by atoms with E-state index in [1.807, 2.05) is 6.07 Å². The van der Waals surface area contributed by atoms with Gasteiger partial charge in [-0.1, -0.05) is 28.0 Å². The van der Waals surface area contributed by atoms with Gasteiger partial charge in [0.15, 0.2) is 11.5 Å². The molecule has 0 aliphatic heterocycles. The van der Waals surface area contributed by atoms with Crippen molar-refractivity contribution in [1.82, 2.24) is 0 Å². The van der Waals surface area contributed by atoms with Crippen LogP contribution in [0.4, 0.5) is 4.39 Å². The number of hydrogen-bond acceptors (Lipinski definition) is 4. The van der Waals surface area contributed by atoms with E-state index < -0.39 is 6.10 Å². The molecule has 0 fully saturated rings. The molecule has 2 aromatic rings. The Kier molecular flexibility index (Phi) is 7.24. The van der Waals surface area contributed by atoms with Gasteiger partial charge in [-0.25, -0.2) is 4.39 Å². The molecule has 2 aromatic carbocycles. The van der Waals surface area contributed by atoms with Crippen LogP contribution in [0.3, 0.4) is 0 Å². The van der Waals surface area contributed by atoms with Crippen LogP contribution in [0.2, 0.25) is 0 Å². The minimum absolute atomic E-state index is 0.00645. The van der Waals surface area contributed by atoms with E-state index in [0.29, 0.717) is 17.1 Å². The van der Waals surface area contributed by atoms with E-state index in [4.69, 9.17) is 9.47 Å². The lowest BCUT2D eigenvalue weighted by Crippen LogP contribution is -2.11. The number of aliphatic hydroxyl groups is 1. The second kappa shape index (κ2) is 9.20. The van der Waals surface area contributed by atoms with E-state index in [1.54, 1.807) is 26.2 Å². The zero-order chi connectivity index (χ0) is 19.3. The third-order valence-electron chi connectivity index (χ3n) is 4.28. The monoisotopic (exact) mass is 380 g/mol. The van der Waals surface area contributed by atoms with Crippen LogP contribution in [0.25, 0.3) is 0 Å². The predicted molar refractivity (Wildman–Crippen MR) is 104 cm³/mol. The standard InChI is InChI=1S/C20H26FO4P/c1-5-6-18(16-10-14(24-3)11-17(25-4)20(16)23)26-19-8-7-13(21)9-15(19)12(2)22/h7-12,18,22-23,26H,5-6H2,1-4H3. The van der Waals surface area contributed by atoms with E-state index in [2.05, 4.69) is 6.92 Å². The lowest BCUT2D eigenvalue weighted by molar-refractivity contribution is 0.200. The summed E-state index contributed by atoms with van der Waals surface area (Å²) in [6.45, 7) is 3.70. The Morgan fingerprint density at radius 2 is 1.85 bits per heavy atom. The zero-order valence-corrected chi connectivity index (χ0v) is 16.5. The fourth-order valence-electron chi connectivity index (χ4n) is 2.93. The predicted octanol–water partition coefficient (Wildman–Crippen LogP) is 4.45. The second-order valence-corrected chi connectivity index (χ2v) is 7.68. The minimum atomic E-state index is -0.760. The summed E-state index contributed by atoms with van der Waals surface area (Å²) >= 11 is 0. The molecule has 6 heteroatoms. The lowest BCUT2D eigenvalue weighted by atomic mass is 10.1. The Balaban J connectivity index is 2.48. The average Bonchev–Trinajstić information content (AvgIpc) is 2.62. The number of aliphatic hydroxyl groups excluding tert-OH is 1. The van der Waals surface area contributed by atoms with Crippen LogP contribution in [0.5, 0.6) is 17.2 Å². The first-order valence-corrected chi connectivity index (χ1v) is 9.67. The average molecular weight is 380 g/mol. The molecule has 2 N–H and O–H groups in total. The topological polar surface area (TPSA) is 58.9 Å². The van der Waals surface area contributed by atoms with Crippen LogP contribution in [0.15, 0.2) is 30.3 Å². The summed E-state index contributed by atoms with van der Waals surface area (Å²) in [5.41, 5.74) is 1.33. The maximum absolute atomic E-state index is 13.6. The van der Waals surface area contributed by atoms with Gasteiger partial charge >= 0.3 is 0 Å². The molecule has 2 rings (SSSR count). The van der Waals surface area contributed by atoms with Crippen LogP contribution in [0.1, 0.15) is 49.6 Å². The highest BCUT2D eigenvalue weighted by Crippen LogP contribution is 2.47. The molecule has 0 amide bonds. The van der Waals surface area contributed by atoms with Gasteiger partial charge in [-0.05, 0) is 42.4 Å². The fourth-order valence-corrected chi connectivity index (χ4v) is 4.75. The Labute approximate surface area is 155 Å². The van der Waals surface area contributed by atoms with Gasteiger partial charge in [-0.15, -0.1) is 0 Å². The normalized spacial score (nSPS) is 13.8. The maximum atomic E-state index is 13.6. The molecule has 0 heterocycles. The van der Waals surface area contributed by atoms with Crippen molar-refractivity contribution in [2.45, 2.75) is 38.5 Å². The molecule has 0 spiro atoms. The van der Waals surface area contributed by atoms with Crippen molar-refractivity contribution < 1.29 is 24.1 Å². The quantitative estimate of drug-likeness (QED) is 0.665. The zero-order valence-electron chi connectivity index (χ0n) is 15.5. The van der Waals surface area contributed by atoms with Crippen LogP contribution < -0.4 is 14.8 Å². The molecule has 0 saturated heterocycles. The van der Waals surface area contributed by atoms with E-state index >= 15 is 0 Å². The van der Waals surface area contributed by atoms with Gasteiger partial charge < -0.3 is 19.7 Å². The molecular formula is C20H26FO4P. The summed E-state index contributed by atoms with van der Waals surface area (Å²) < 4.78 is 24.2. The lowest BCUT2D eigenvalue weighted by Gasteiger charge is -2.22. The molecule has 0 aromatic heterocycles. The van der Waals surface area contributed by atoms with Crippen molar-refractivity contribution >= 4 is 13.9 Å². The highest BCUT2D eigenvalue weighted by molar-refractivity contribution is 7.47. The van der Waals surface area contributed by atoms with E-state index in [1.165, 1.54) is 19.2 Å². The number of methoxy groups -OCH3 is 2. The largest absolute Gasteiger partial charge is 0.504 e. The molecule has 0 saturated carbocycles. The van der Waals surface area contributed by atoms with Gasteiger partial charge in [0.05, 0.1) is 20.3 Å². The molecule has 0 aliphatic carbocycles. The Hall–Kier alpha value is -1.84. The number of aromatic hydroxyl groups is 1. The van der Waals surface area contributed by atoms with Crippen LogP contribution in [-0.4, -0.2) is 24.4 Å². The number of phenolic OH excluding ortho intramolecular Hbond substituents is 1. The van der Waals surface area contributed by atoms with E-state index in [-0.39, 0.29) is 25.8 Å². The third kappa shape index (κ3) is 4.66. The van der Waals surface area contributed by atoms with Crippen molar-refractivity contribution in [2.24, 2.45) is 0 Å². The number of halogens is 1. The first kappa shape index (κ1) is 20.5. The molecule has 142 valence electrons. The summed E-state index contributed by atoms with van der Waals surface area (Å²) in [7, 11) is 3.33. The van der Waals surface area contributed by atoms with Gasteiger partial charge in [0.2, 0.25) is 0 Å². The molecule has 3 atom stereocenters. The molecule has 0 radical (unpaired) electrons. The first-order valence-electron chi connectivity index (χ1n) is 8.60. The Bertz CT molecular complexity index is 749. The summed E-state index contributed by atoms with van der Waals surface area (Å²) in [5, 5.41) is 21.5. The van der Waals surface area contributed by atoms with Gasteiger partial charge in [0.1, 0.15) is 11.6 Å². The molecule has 0 aliphatic rings. The Morgan fingerprint density at radius 3 is 2.42 bits per heavy atom. The molecular weight excluding hydrogens is 354 g/mol. The highest BCUT2D eigenvalue weighted by Gasteiger charge is 2.22. The summed E-state index contributed by atoms with van der Waals surface area (Å²) in [5.74, 6) is 0.697. The SMILES string of the molecule is CCCC(Pc1ccc(F)cc1C(C)O)c1cc(OC)cc(OC)c1O.